The van der Waals surface area contributed by atoms with Crippen molar-refractivity contribution in [2.75, 3.05) is 17.2 Å². The van der Waals surface area contributed by atoms with Crippen LogP contribution < -0.4 is 19.8 Å². The largest absolute Gasteiger partial charge is 0.484 e. The molecular formula is C31H29ClN4O5S. The molecule has 0 radical (unpaired) electrons. The van der Waals surface area contributed by atoms with Gasteiger partial charge >= 0.3 is 0 Å². The van der Waals surface area contributed by atoms with E-state index in [9.17, 15) is 18.0 Å². The van der Waals surface area contributed by atoms with E-state index in [1.54, 1.807) is 60.7 Å². The Hall–Kier alpha value is -4.67. The number of carbonyl (C=O) groups excluding carboxylic acids is 2. The molecule has 9 nitrogen and oxygen atoms in total. The summed E-state index contributed by atoms with van der Waals surface area (Å²) in [5, 5.41) is 7.25. The van der Waals surface area contributed by atoms with Crippen molar-refractivity contribution < 1.29 is 22.7 Å². The number of carbonyl (C=O) groups is 2. The first-order chi connectivity index (χ1) is 20.2. The topological polar surface area (TPSA) is 117 Å². The standard InChI is InChI=1S/C31H29ClN4O5S/c1-42(39,40)36(21-26-9-5-6-10-29(26)32)27-15-13-25(14-16-27)31(38)35-34-20-24-11-17-28(18-12-24)41-22-30(37)33-19-23-7-3-2-4-8-23/h2-18,20H,19,21-22H2,1H3,(H,33,37)(H,35,38)/b34-20-. The molecule has 4 rings (SSSR count). The zero-order valence-corrected chi connectivity index (χ0v) is 24.3. The number of anilines is 1. The lowest BCUT2D eigenvalue weighted by molar-refractivity contribution is -0.123. The fourth-order valence-corrected chi connectivity index (χ4v) is 4.91. The summed E-state index contributed by atoms with van der Waals surface area (Å²) in [6, 6.07) is 29.6. The number of halogens is 1. The number of nitrogens with one attached hydrogen (secondary N) is 2. The fourth-order valence-electron chi connectivity index (χ4n) is 3.84. The molecule has 0 fully saturated rings. The molecule has 0 aliphatic rings. The third-order valence-corrected chi connectivity index (χ3v) is 7.56. The molecule has 0 aliphatic heterocycles. The number of rotatable bonds is 12. The minimum atomic E-state index is -3.61. The van der Waals surface area contributed by atoms with Crippen molar-refractivity contribution in [1.29, 1.82) is 0 Å². The van der Waals surface area contributed by atoms with Gasteiger partial charge in [-0.25, -0.2) is 13.8 Å². The normalized spacial score (nSPS) is 11.2. The predicted octanol–water partition coefficient (Wildman–Crippen LogP) is 4.77. The van der Waals surface area contributed by atoms with Gasteiger partial charge in [0.25, 0.3) is 11.8 Å². The van der Waals surface area contributed by atoms with Gasteiger partial charge in [-0.3, -0.25) is 13.9 Å². The molecule has 4 aromatic carbocycles. The van der Waals surface area contributed by atoms with Crippen LogP contribution in [0.5, 0.6) is 5.75 Å². The number of hydrazone groups is 1. The van der Waals surface area contributed by atoms with E-state index in [1.807, 2.05) is 30.3 Å². The first kappa shape index (κ1) is 30.3. The lowest BCUT2D eigenvalue weighted by Crippen LogP contribution is -2.29. The van der Waals surface area contributed by atoms with Gasteiger partial charge in [-0.15, -0.1) is 0 Å². The Balaban J connectivity index is 1.27. The molecule has 2 amide bonds. The molecule has 0 saturated carbocycles. The Labute approximate surface area is 249 Å². The predicted molar refractivity (Wildman–Crippen MR) is 164 cm³/mol. The molecule has 0 heterocycles. The van der Waals surface area contributed by atoms with Gasteiger partial charge in [-0.1, -0.05) is 60.1 Å². The van der Waals surface area contributed by atoms with Crippen LogP contribution in [0.4, 0.5) is 5.69 Å². The summed E-state index contributed by atoms with van der Waals surface area (Å²) >= 11 is 6.22. The van der Waals surface area contributed by atoms with E-state index in [0.29, 0.717) is 39.7 Å². The zero-order chi connectivity index (χ0) is 30.0. The Kier molecular flexibility index (Phi) is 10.3. The molecule has 0 spiro atoms. The molecule has 0 unspecified atom stereocenters. The summed E-state index contributed by atoms with van der Waals surface area (Å²) in [5.41, 5.74) is 5.51. The molecule has 11 heteroatoms. The highest BCUT2D eigenvalue weighted by Gasteiger charge is 2.19. The molecule has 42 heavy (non-hydrogen) atoms. The van der Waals surface area contributed by atoms with Crippen LogP contribution in [0, 0.1) is 0 Å². The number of hydrogen-bond acceptors (Lipinski definition) is 6. The van der Waals surface area contributed by atoms with Crippen molar-refractivity contribution in [1.82, 2.24) is 10.7 Å². The van der Waals surface area contributed by atoms with Gasteiger partial charge in [0.05, 0.1) is 24.7 Å². The van der Waals surface area contributed by atoms with Gasteiger partial charge in [0.1, 0.15) is 5.75 Å². The van der Waals surface area contributed by atoms with E-state index in [-0.39, 0.29) is 19.1 Å². The van der Waals surface area contributed by atoms with Crippen LogP contribution in [0.1, 0.15) is 27.0 Å². The monoisotopic (exact) mass is 604 g/mol. The van der Waals surface area contributed by atoms with Crippen molar-refractivity contribution in [2.24, 2.45) is 5.10 Å². The van der Waals surface area contributed by atoms with Crippen LogP contribution in [0.2, 0.25) is 5.02 Å². The van der Waals surface area contributed by atoms with Gasteiger partial charge < -0.3 is 10.1 Å². The molecule has 0 atom stereocenters. The Morgan fingerprint density at radius 3 is 2.24 bits per heavy atom. The van der Waals surface area contributed by atoms with E-state index in [1.165, 1.54) is 22.7 Å². The molecule has 0 aliphatic carbocycles. The highest BCUT2D eigenvalue weighted by atomic mass is 35.5. The van der Waals surface area contributed by atoms with Crippen LogP contribution in [-0.4, -0.2) is 39.3 Å². The van der Waals surface area contributed by atoms with Crippen molar-refractivity contribution >= 4 is 45.3 Å². The van der Waals surface area contributed by atoms with Crippen molar-refractivity contribution in [3.63, 3.8) is 0 Å². The second-order valence-corrected chi connectivity index (χ2v) is 11.5. The maximum atomic E-state index is 12.6. The third kappa shape index (κ3) is 8.92. The lowest BCUT2D eigenvalue weighted by atomic mass is 10.2. The van der Waals surface area contributed by atoms with E-state index >= 15 is 0 Å². The summed E-state index contributed by atoms with van der Waals surface area (Å²) < 4.78 is 31.7. The molecule has 0 aromatic heterocycles. The van der Waals surface area contributed by atoms with E-state index in [2.05, 4.69) is 15.8 Å². The van der Waals surface area contributed by atoms with Crippen LogP contribution in [0.3, 0.4) is 0 Å². The van der Waals surface area contributed by atoms with Crippen molar-refractivity contribution in [2.45, 2.75) is 13.1 Å². The fraction of sp³-hybridized carbons (Fsp3) is 0.129. The van der Waals surface area contributed by atoms with E-state index < -0.39 is 15.9 Å². The second kappa shape index (κ2) is 14.3. The highest BCUT2D eigenvalue weighted by Crippen LogP contribution is 2.24. The Morgan fingerprint density at radius 2 is 1.57 bits per heavy atom. The smallest absolute Gasteiger partial charge is 0.271 e. The van der Waals surface area contributed by atoms with E-state index in [0.717, 1.165) is 11.8 Å². The number of sulfonamides is 1. The number of nitrogens with zero attached hydrogens (tertiary/aromatic N) is 2. The summed E-state index contributed by atoms with van der Waals surface area (Å²) in [7, 11) is -3.61. The zero-order valence-electron chi connectivity index (χ0n) is 22.7. The van der Waals surface area contributed by atoms with Crippen LogP contribution >= 0.6 is 11.6 Å². The Bertz CT molecular complexity index is 1650. The first-order valence-corrected chi connectivity index (χ1v) is 15.1. The van der Waals surface area contributed by atoms with E-state index in [4.69, 9.17) is 16.3 Å². The van der Waals surface area contributed by atoms with Gasteiger partial charge in [0.2, 0.25) is 10.0 Å². The van der Waals surface area contributed by atoms with Gasteiger partial charge in [-0.05, 0) is 71.3 Å². The summed E-state index contributed by atoms with van der Waals surface area (Å²) in [4.78, 5) is 24.6. The van der Waals surface area contributed by atoms with Crippen molar-refractivity contribution in [3.8, 4) is 5.75 Å². The van der Waals surface area contributed by atoms with Gasteiger partial charge in [-0.2, -0.15) is 5.10 Å². The van der Waals surface area contributed by atoms with Crippen LogP contribution in [0.25, 0.3) is 0 Å². The van der Waals surface area contributed by atoms with Crippen molar-refractivity contribution in [3.05, 3.63) is 130 Å². The third-order valence-electron chi connectivity index (χ3n) is 6.05. The molecule has 216 valence electrons. The summed E-state index contributed by atoms with van der Waals surface area (Å²) in [6.45, 7) is 0.369. The average Bonchev–Trinajstić information content (AvgIpc) is 2.99. The first-order valence-electron chi connectivity index (χ1n) is 12.9. The van der Waals surface area contributed by atoms with Gasteiger partial charge in [0, 0.05) is 17.1 Å². The minimum absolute atomic E-state index is 0.0552. The number of ether oxygens (including phenoxy) is 1. The Morgan fingerprint density at radius 1 is 0.905 bits per heavy atom. The summed E-state index contributed by atoms with van der Waals surface area (Å²) in [6.07, 6.45) is 2.58. The number of hydrogen-bond donors (Lipinski definition) is 2. The quantitative estimate of drug-likeness (QED) is 0.179. The number of amides is 2. The van der Waals surface area contributed by atoms with Crippen LogP contribution in [0.15, 0.2) is 108 Å². The second-order valence-electron chi connectivity index (χ2n) is 9.23. The van der Waals surface area contributed by atoms with Crippen LogP contribution in [-0.2, 0) is 27.9 Å². The maximum Gasteiger partial charge on any atom is 0.271 e. The lowest BCUT2D eigenvalue weighted by Gasteiger charge is -2.23. The highest BCUT2D eigenvalue weighted by molar-refractivity contribution is 7.92. The molecule has 0 bridgehead atoms. The molecule has 2 N–H and O–H groups in total. The molecule has 4 aromatic rings. The maximum absolute atomic E-state index is 12.6. The molecular weight excluding hydrogens is 576 g/mol. The molecule has 0 saturated heterocycles. The van der Waals surface area contributed by atoms with Gasteiger partial charge in [0.15, 0.2) is 6.61 Å². The minimum Gasteiger partial charge on any atom is -0.484 e. The SMILES string of the molecule is CS(=O)(=O)N(Cc1ccccc1Cl)c1ccc(C(=O)N/N=C\c2ccc(OCC(=O)NCc3ccccc3)cc2)cc1. The average molecular weight is 605 g/mol. The number of benzene rings is 4. The summed E-state index contributed by atoms with van der Waals surface area (Å²) in [5.74, 6) is -0.176.